The van der Waals surface area contributed by atoms with Crippen molar-refractivity contribution in [3.8, 4) is 16.9 Å². The molecule has 0 fully saturated rings. The van der Waals surface area contributed by atoms with Crippen molar-refractivity contribution in [3.63, 3.8) is 0 Å². The van der Waals surface area contributed by atoms with Crippen molar-refractivity contribution in [3.05, 3.63) is 30.6 Å². The van der Waals surface area contributed by atoms with Gasteiger partial charge in [-0.2, -0.15) is 22.3 Å². The monoisotopic (exact) mass is 388 g/mol. The molecule has 2 aromatic rings. The van der Waals surface area contributed by atoms with Crippen LogP contribution in [0.15, 0.2) is 39.9 Å². The van der Waals surface area contributed by atoms with Crippen molar-refractivity contribution in [1.29, 1.82) is 0 Å². The molecule has 1 heterocycles. The van der Waals surface area contributed by atoms with Gasteiger partial charge < -0.3 is 14.7 Å². The van der Waals surface area contributed by atoms with Crippen LogP contribution in [-0.2, 0) is 10.0 Å². The van der Waals surface area contributed by atoms with E-state index in [0.29, 0.717) is 4.68 Å². The van der Waals surface area contributed by atoms with Crippen LogP contribution >= 0.6 is 0 Å². The number of benzene rings is 1. The Morgan fingerprint density at radius 2 is 2.12 bits per heavy atom. The normalized spacial score (nSPS) is 11.9. The third-order valence-corrected chi connectivity index (χ3v) is 4.23. The molecule has 0 amide bonds. The number of aromatic nitrogens is 2. The molecule has 12 heteroatoms. The zero-order chi connectivity index (χ0) is 19.5. The summed E-state index contributed by atoms with van der Waals surface area (Å²) >= 11 is 0. The van der Waals surface area contributed by atoms with E-state index in [1.807, 2.05) is 0 Å². The highest BCUT2D eigenvalue weighted by Crippen LogP contribution is 2.32. The van der Waals surface area contributed by atoms with Crippen LogP contribution in [0.5, 0.6) is 5.75 Å². The van der Waals surface area contributed by atoms with E-state index in [1.54, 1.807) is 14.1 Å². The first kappa shape index (κ1) is 19.3. The summed E-state index contributed by atoms with van der Waals surface area (Å²) in [6.07, 6.45) is 1.43. The molecule has 2 rings (SSSR count). The number of halogens is 2. The summed E-state index contributed by atoms with van der Waals surface area (Å²) in [4.78, 5) is 11.6. The topological polar surface area (TPSA) is 114 Å². The minimum absolute atomic E-state index is 0.0190. The van der Waals surface area contributed by atoms with Crippen molar-refractivity contribution in [2.24, 2.45) is 4.40 Å². The van der Waals surface area contributed by atoms with Crippen molar-refractivity contribution in [2.75, 3.05) is 14.1 Å². The van der Waals surface area contributed by atoms with Crippen LogP contribution in [0.3, 0.4) is 0 Å². The second-order valence-corrected chi connectivity index (χ2v) is 6.77. The molecule has 0 saturated heterocycles. The lowest BCUT2D eigenvalue weighted by atomic mass is 10.1. The first-order valence-corrected chi connectivity index (χ1v) is 8.38. The summed E-state index contributed by atoms with van der Waals surface area (Å²) in [6.45, 7) is -2.90. The van der Waals surface area contributed by atoms with Gasteiger partial charge in [-0.1, -0.05) is 0 Å². The Bertz CT molecular complexity index is 941. The fraction of sp³-hybridized carbons (Fsp3) is 0.214. The summed E-state index contributed by atoms with van der Waals surface area (Å²) in [5, 5.41) is 12.1. The SMILES string of the molecule is CN(C)C=NS(=O)(=O)c1cc(OC(=O)O)ccc1-c1cnn(C(F)F)c1. The van der Waals surface area contributed by atoms with Crippen molar-refractivity contribution in [1.82, 2.24) is 14.7 Å². The molecule has 26 heavy (non-hydrogen) atoms. The van der Waals surface area contributed by atoms with E-state index in [1.165, 1.54) is 17.0 Å². The smallest absolute Gasteiger partial charge is 0.449 e. The maximum Gasteiger partial charge on any atom is 0.511 e. The summed E-state index contributed by atoms with van der Waals surface area (Å²) < 4.78 is 58.7. The number of ether oxygens (including phenoxy) is 1. The first-order chi connectivity index (χ1) is 12.1. The van der Waals surface area contributed by atoms with Gasteiger partial charge in [0, 0.05) is 37.5 Å². The Labute approximate surface area is 147 Å². The third kappa shape index (κ3) is 4.53. The van der Waals surface area contributed by atoms with Gasteiger partial charge in [-0.05, 0) is 12.1 Å². The maximum absolute atomic E-state index is 12.7. The lowest BCUT2D eigenvalue weighted by molar-refractivity contribution is 0.0566. The van der Waals surface area contributed by atoms with Gasteiger partial charge in [-0.25, -0.2) is 9.48 Å². The van der Waals surface area contributed by atoms with Gasteiger partial charge in [0.1, 0.15) is 17.0 Å². The lowest BCUT2D eigenvalue weighted by Gasteiger charge is -2.09. The molecule has 0 spiro atoms. The second-order valence-electron chi connectivity index (χ2n) is 5.17. The molecule has 0 aliphatic heterocycles. The van der Waals surface area contributed by atoms with Gasteiger partial charge in [-0.15, -0.1) is 4.40 Å². The van der Waals surface area contributed by atoms with Gasteiger partial charge >= 0.3 is 12.7 Å². The number of rotatable bonds is 6. The van der Waals surface area contributed by atoms with Crippen LogP contribution in [-0.4, -0.2) is 54.8 Å². The molecule has 1 N–H and O–H groups in total. The van der Waals surface area contributed by atoms with E-state index in [9.17, 15) is 22.0 Å². The minimum Gasteiger partial charge on any atom is -0.449 e. The largest absolute Gasteiger partial charge is 0.511 e. The number of carboxylic acid groups (broad SMARTS) is 1. The molecule has 9 nitrogen and oxygen atoms in total. The first-order valence-electron chi connectivity index (χ1n) is 6.94. The van der Waals surface area contributed by atoms with Gasteiger partial charge in [0.15, 0.2) is 0 Å². The molecular weight excluding hydrogens is 374 g/mol. The summed E-state index contributed by atoms with van der Waals surface area (Å²) in [5.41, 5.74) is 0.108. The molecule has 0 atom stereocenters. The van der Waals surface area contributed by atoms with Gasteiger partial charge in [0.05, 0.1) is 6.20 Å². The van der Waals surface area contributed by atoms with Crippen LogP contribution in [0.4, 0.5) is 13.6 Å². The van der Waals surface area contributed by atoms with Crippen molar-refractivity contribution in [2.45, 2.75) is 11.4 Å². The molecule has 1 aromatic heterocycles. The fourth-order valence-electron chi connectivity index (χ4n) is 1.92. The number of sulfonamides is 1. The summed E-state index contributed by atoms with van der Waals surface area (Å²) in [7, 11) is -1.17. The Morgan fingerprint density at radius 3 is 2.65 bits per heavy atom. The van der Waals surface area contributed by atoms with Crippen LogP contribution in [0.1, 0.15) is 6.55 Å². The Kier molecular flexibility index (Phi) is 5.55. The maximum atomic E-state index is 12.7. The number of hydrogen-bond acceptors (Lipinski definition) is 5. The van der Waals surface area contributed by atoms with Crippen molar-refractivity contribution >= 4 is 22.5 Å². The Morgan fingerprint density at radius 1 is 1.42 bits per heavy atom. The average Bonchev–Trinajstić information content (AvgIpc) is 3.02. The van der Waals surface area contributed by atoms with E-state index in [0.717, 1.165) is 24.8 Å². The van der Waals surface area contributed by atoms with E-state index in [2.05, 4.69) is 14.2 Å². The Balaban J connectivity index is 2.61. The standard InChI is InChI=1S/C14H14F2N4O5S/c1-19(2)8-18-26(23,24)12-5-10(25-14(21)22)3-4-11(12)9-6-17-20(7-9)13(15)16/h3-8,13H,1-2H3,(H,21,22). The summed E-state index contributed by atoms with van der Waals surface area (Å²) in [5.74, 6) is -0.263. The number of nitrogens with zero attached hydrogens (tertiary/aromatic N) is 4. The predicted octanol–water partition coefficient (Wildman–Crippen LogP) is 2.28. The van der Waals surface area contributed by atoms with Crippen LogP contribution in [0, 0.1) is 0 Å². The number of alkyl halides is 2. The lowest BCUT2D eigenvalue weighted by Crippen LogP contribution is -2.11. The predicted molar refractivity (Wildman–Crippen MR) is 86.9 cm³/mol. The highest BCUT2D eigenvalue weighted by molar-refractivity contribution is 7.90. The molecule has 1 aromatic carbocycles. The highest BCUT2D eigenvalue weighted by Gasteiger charge is 2.22. The quantitative estimate of drug-likeness (QED) is 0.349. The number of carbonyl (C=O) groups is 1. The van der Waals surface area contributed by atoms with Gasteiger partial charge in [0.2, 0.25) is 0 Å². The van der Waals surface area contributed by atoms with Crippen LogP contribution in [0.25, 0.3) is 11.1 Å². The molecule has 0 radical (unpaired) electrons. The van der Waals surface area contributed by atoms with E-state index >= 15 is 0 Å². The molecule has 0 aliphatic rings. The van der Waals surface area contributed by atoms with E-state index in [-0.39, 0.29) is 16.9 Å². The van der Waals surface area contributed by atoms with Crippen molar-refractivity contribution < 1.29 is 31.8 Å². The molecule has 0 bridgehead atoms. The van der Waals surface area contributed by atoms with E-state index < -0.39 is 27.6 Å². The molecule has 140 valence electrons. The second kappa shape index (κ2) is 7.47. The van der Waals surface area contributed by atoms with E-state index in [4.69, 9.17) is 5.11 Å². The Hall–Kier alpha value is -3.02. The number of hydrogen-bond donors (Lipinski definition) is 1. The zero-order valence-electron chi connectivity index (χ0n) is 13.6. The van der Waals surface area contributed by atoms with Gasteiger partial charge in [0.25, 0.3) is 10.0 Å². The molecule has 0 saturated carbocycles. The van der Waals surface area contributed by atoms with Crippen LogP contribution < -0.4 is 4.74 Å². The third-order valence-electron chi connectivity index (χ3n) is 2.97. The summed E-state index contributed by atoms with van der Waals surface area (Å²) in [6, 6.07) is 3.37. The zero-order valence-corrected chi connectivity index (χ0v) is 14.4. The average molecular weight is 388 g/mol. The van der Waals surface area contributed by atoms with Gasteiger partial charge in [-0.3, -0.25) is 0 Å². The van der Waals surface area contributed by atoms with Crippen LogP contribution in [0.2, 0.25) is 0 Å². The highest BCUT2D eigenvalue weighted by atomic mass is 32.2. The molecule has 0 unspecified atom stereocenters. The minimum atomic E-state index is -4.27. The molecule has 0 aliphatic carbocycles. The molecular formula is C14H14F2N4O5S. The fourth-order valence-corrected chi connectivity index (χ4v) is 3.07.